The summed E-state index contributed by atoms with van der Waals surface area (Å²) in [5.74, 6) is 0.0134. The number of methoxy groups -OCH3 is 1. The second kappa shape index (κ2) is 5.73. The molecule has 5 heteroatoms. The number of amides is 1. The molecule has 1 amide bonds. The number of pyridine rings is 1. The molecule has 0 unspecified atom stereocenters. The van der Waals surface area contributed by atoms with Crippen molar-refractivity contribution < 1.29 is 14.6 Å². The molecule has 0 aliphatic heterocycles. The van der Waals surface area contributed by atoms with Crippen molar-refractivity contribution in [3.63, 3.8) is 0 Å². The molecule has 0 bridgehead atoms. The van der Waals surface area contributed by atoms with E-state index in [4.69, 9.17) is 4.74 Å². The molecule has 0 spiro atoms. The highest BCUT2D eigenvalue weighted by atomic mass is 16.5. The fourth-order valence-electron chi connectivity index (χ4n) is 2.18. The molecule has 110 valence electrons. The Hall–Kier alpha value is -3.08. The zero-order valence-corrected chi connectivity index (χ0v) is 11.9. The van der Waals surface area contributed by atoms with Gasteiger partial charge in [0.25, 0.3) is 5.91 Å². The number of nitrogens with zero attached hydrogens (tertiary/aromatic N) is 1. The smallest absolute Gasteiger partial charge is 0.259 e. The molecule has 1 aromatic heterocycles. The van der Waals surface area contributed by atoms with Crippen molar-refractivity contribution in [3.8, 4) is 11.6 Å². The summed E-state index contributed by atoms with van der Waals surface area (Å²) in [5, 5.41) is 14.5. The number of phenolic OH excluding ortho intramolecular Hbond substituents is 1. The maximum atomic E-state index is 12.3. The van der Waals surface area contributed by atoms with Crippen LogP contribution in [0, 0.1) is 0 Å². The molecule has 2 aromatic carbocycles. The summed E-state index contributed by atoms with van der Waals surface area (Å²) < 4.78 is 4.96. The van der Waals surface area contributed by atoms with Crippen LogP contribution in [-0.4, -0.2) is 23.1 Å². The van der Waals surface area contributed by atoms with Gasteiger partial charge in [0, 0.05) is 6.07 Å². The van der Waals surface area contributed by atoms with Gasteiger partial charge < -0.3 is 15.2 Å². The minimum atomic E-state index is -0.393. The predicted molar refractivity (Wildman–Crippen MR) is 84.4 cm³/mol. The van der Waals surface area contributed by atoms with Gasteiger partial charge in [-0.1, -0.05) is 24.3 Å². The molecule has 0 saturated carbocycles. The number of phenols is 1. The maximum Gasteiger partial charge on any atom is 0.259 e. The van der Waals surface area contributed by atoms with Gasteiger partial charge in [-0.2, -0.15) is 0 Å². The number of benzene rings is 2. The molecule has 0 saturated heterocycles. The lowest BCUT2D eigenvalue weighted by Gasteiger charge is -2.08. The van der Waals surface area contributed by atoms with E-state index in [0.29, 0.717) is 11.6 Å². The van der Waals surface area contributed by atoms with Gasteiger partial charge in [0.2, 0.25) is 5.88 Å². The number of anilines is 1. The van der Waals surface area contributed by atoms with E-state index < -0.39 is 5.91 Å². The molecular weight excluding hydrogens is 280 g/mol. The molecule has 0 aliphatic carbocycles. The number of aromatic hydroxyl groups is 1. The van der Waals surface area contributed by atoms with E-state index in [2.05, 4.69) is 10.3 Å². The van der Waals surface area contributed by atoms with Gasteiger partial charge in [-0.15, -0.1) is 0 Å². The lowest BCUT2D eigenvalue weighted by Crippen LogP contribution is -2.12. The average molecular weight is 294 g/mol. The quantitative estimate of drug-likeness (QED) is 0.778. The summed E-state index contributed by atoms with van der Waals surface area (Å²) in [6, 6.07) is 14.1. The number of aromatic nitrogens is 1. The van der Waals surface area contributed by atoms with Crippen molar-refractivity contribution in [1.82, 2.24) is 4.98 Å². The van der Waals surface area contributed by atoms with Crippen LogP contribution < -0.4 is 10.1 Å². The molecule has 22 heavy (non-hydrogen) atoms. The third-order valence-corrected chi connectivity index (χ3v) is 3.31. The average Bonchev–Trinajstić information content (AvgIpc) is 2.54. The van der Waals surface area contributed by atoms with E-state index in [0.717, 1.165) is 10.8 Å². The molecule has 2 N–H and O–H groups in total. The summed E-state index contributed by atoms with van der Waals surface area (Å²) in [6.45, 7) is 0. The van der Waals surface area contributed by atoms with Crippen LogP contribution in [0.5, 0.6) is 11.6 Å². The third-order valence-electron chi connectivity index (χ3n) is 3.31. The van der Waals surface area contributed by atoms with Crippen molar-refractivity contribution in [1.29, 1.82) is 0 Å². The lowest BCUT2D eigenvalue weighted by atomic mass is 10.1. The number of hydrogen-bond donors (Lipinski definition) is 2. The van der Waals surface area contributed by atoms with Crippen molar-refractivity contribution in [2.75, 3.05) is 12.4 Å². The Morgan fingerprint density at radius 2 is 1.86 bits per heavy atom. The highest BCUT2D eigenvalue weighted by molar-refractivity contribution is 6.08. The zero-order valence-electron chi connectivity index (χ0n) is 11.9. The first-order chi connectivity index (χ1) is 10.7. The summed E-state index contributed by atoms with van der Waals surface area (Å²) >= 11 is 0. The standard InChI is InChI=1S/C17H14N2O3/c1-22-16-7-6-13(10-18-16)19-17(21)14-8-11-4-2-3-5-12(11)9-15(14)20/h2-10,20H,1H3,(H,19,21). The Balaban J connectivity index is 1.89. The summed E-state index contributed by atoms with van der Waals surface area (Å²) in [6.07, 6.45) is 1.49. The summed E-state index contributed by atoms with van der Waals surface area (Å²) in [7, 11) is 1.52. The van der Waals surface area contributed by atoms with Crippen LogP contribution >= 0.6 is 0 Å². The molecule has 0 aliphatic rings. The molecule has 0 fully saturated rings. The molecular formula is C17H14N2O3. The summed E-state index contributed by atoms with van der Waals surface area (Å²) in [5.41, 5.74) is 0.743. The highest BCUT2D eigenvalue weighted by Gasteiger charge is 2.13. The third kappa shape index (κ3) is 2.69. The number of hydrogen-bond acceptors (Lipinski definition) is 4. The van der Waals surface area contributed by atoms with E-state index >= 15 is 0 Å². The van der Waals surface area contributed by atoms with Crippen LogP contribution in [-0.2, 0) is 0 Å². The first-order valence-corrected chi connectivity index (χ1v) is 6.70. The van der Waals surface area contributed by atoms with Crippen molar-refractivity contribution in [3.05, 3.63) is 60.3 Å². The molecule has 1 heterocycles. The van der Waals surface area contributed by atoms with Gasteiger partial charge in [0.1, 0.15) is 5.75 Å². The molecule has 3 aromatic rings. The Labute approximate surface area is 127 Å². The molecule has 3 rings (SSSR count). The Bertz CT molecular complexity index is 829. The van der Waals surface area contributed by atoms with Crippen LogP contribution in [0.2, 0.25) is 0 Å². The monoisotopic (exact) mass is 294 g/mol. The first-order valence-electron chi connectivity index (χ1n) is 6.70. The Morgan fingerprint density at radius 1 is 1.14 bits per heavy atom. The van der Waals surface area contributed by atoms with Crippen molar-refractivity contribution in [2.24, 2.45) is 0 Å². The number of fused-ring (bicyclic) bond motifs is 1. The van der Waals surface area contributed by atoms with Crippen LogP contribution in [0.4, 0.5) is 5.69 Å². The zero-order chi connectivity index (χ0) is 15.5. The molecule has 0 radical (unpaired) electrons. The van der Waals surface area contributed by atoms with Gasteiger partial charge in [-0.05, 0) is 29.0 Å². The Morgan fingerprint density at radius 3 is 2.50 bits per heavy atom. The van der Waals surface area contributed by atoms with E-state index in [1.807, 2.05) is 24.3 Å². The normalized spacial score (nSPS) is 10.4. The van der Waals surface area contributed by atoms with Gasteiger partial charge in [-0.25, -0.2) is 4.98 Å². The van der Waals surface area contributed by atoms with E-state index in [9.17, 15) is 9.90 Å². The number of rotatable bonds is 3. The fraction of sp³-hybridized carbons (Fsp3) is 0.0588. The van der Waals surface area contributed by atoms with Crippen LogP contribution in [0.15, 0.2) is 54.7 Å². The van der Waals surface area contributed by atoms with Gasteiger partial charge in [-0.3, -0.25) is 4.79 Å². The number of ether oxygens (including phenoxy) is 1. The SMILES string of the molecule is COc1ccc(NC(=O)c2cc3ccccc3cc2O)cn1. The van der Waals surface area contributed by atoms with Crippen LogP contribution in [0.1, 0.15) is 10.4 Å². The van der Waals surface area contributed by atoms with E-state index in [-0.39, 0.29) is 11.3 Å². The molecule has 0 atom stereocenters. The first kappa shape index (κ1) is 13.9. The molecule has 5 nitrogen and oxygen atoms in total. The van der Waals surface area contributed by atoms with Crippen molar-refractivity contribution >= 4 is 22.4 Å². The van der Waals surface area contributed by atoms with Crippen LogP contribution in [0.3, 0.4) is 0 Å². The number of nitrogens with one attached hydrogen (secondary N) is 1. The number of carbonyl (C=O) groups excluding carboxylic acids is 1. The second-order valence-electron chi connectivity index (χ2n) is 4.76. The number of carbonyl (C=O) groups is 1. The van der Waals surface area contributed by atoms with Gasteiger partial charge in [0.15, 0.2) is 0 Å². The minimum Gasteiger partial charge on any atom is -0.507 e. The Kier molecular flexibility index (Phi) is 3.62. The maximum absolute atomic E-state index is 12.3. The minimum absolute atomic E-state index is 0.0577. The topological polar surface area (TPSA) is 71.5 Å². The highest BCUT2D eigenvalue weighted by Crippen LogP contribution is 2.25. The van der Waals surface area contributed by atoms with E-state index in [1.54, 1.807) is 24.3 Å². The second-order valence-corrected chi connectivity index (χ2v) is 4.76. The van der Waals surface area contributed by atoms with E-state index in [1.165, 1.54) is 13.3 Å². The van der Waals surface area contributed by atoms with Gasteiger partial charge >= 0.3 is 0 Å². The lowest BCUT2D eigenvalue weighted by molar-refractivity contribution is 0.102. The predicted octanol–water partition coefficient (Wildman–Crippen LogP) is 3.20. The van der Waals surface area contributed by atoms with Crippen LogP contribution in [0.25, 0.3) is 10.8 Å². The largest absolute Gasteiger partial charge is 0.507 e. The summed E-state index contributed by atoms with van der Waals surface area (Å²) in [4.78, 5) is 16.3. The van der Waals surface area contributed by atoms with Crippen molar-refractivity contribution in [2.45, 2.75) is 0 Å². The van der Waals surface area contributed by atoms with Gasteiger partial charge in [0.05, 0.1) is 24.6 Å². The fourth-order valence-corrected chi connectivity index (χ4v) is 2.18.